The SMILES string of the molecule is Cc1cc(Br)cc(Cl)c1OC(=O)c1ccc(=O)n(Cc2ccccc2)n1. The second-order valence-corrected chi connectivity index (χ2v) is 6.95. The average Bonchev–Trinajstić information content (AvgIpc) is 2.60. The van der Waals surface area contributed by atoms with Crippen molar-refractivity contribution in [1.29, 1.82) is 0 Å². The minimum absolute atomic E-state index is 0.0268. The van der Waals surface area contributed by atoms with Gasteiger partial charge in [-0.3, -0.25) is 4.79 Å². The molecular formula is C19H14BrClN2O3. The van der Waals surface area contributed by atoms with Crippen molar-refractivity contribution in [3.63, 3.8) is 0 Å². The normalized spacial score (nSPS) is 10.6. The van der Waals surface area contributed by atoms with Gasteiger partial charge in [0.1, 0.15) is 0 Å². The Balaban J connectivity index is 1.87. The maximum Gasteiger partial charge on any atom is 0.364 e. The van der Waals surface area contributed by atoms with Crippen LogP contribution in [0, 0.1) is 6.92 Å². The Labute approximate surface area is 163 Å². The van der Waals surface area contributed by atoms with Gasteiger partial charge in [0.05, 0.1) is 11.6 Å². The van der Waals surface area contributed by atoms with Gasteiger partial charge in [-0.2, -0.15) is 5.10 Å². The summed E-state index contributed by atoms with van der Waals surface area (Å²) in [6, 6.07) is 15.5. The van der Waals surface area contributed by atoms with E-state index in [1.807, 2.05) is 30.3 Å². The number of aromatic nitrogens is 2. The Morgan fingerprint density at radius 3 is 2.62 bits per heavy atom. The third-order valence-corrected chi connectivity index (χ3v) is 4.38. The molecule has 0 N–H and O–H groups in total. The van der Waals surface area contributed by atoms with E-state index in [1.54, 1.807) is 19.1 Å². The standard InChI is InChI=1S/C19H14BrClN2O3/c1-12-9-14(20)10-15(21)18(12)26-19(25)16-7-8-17(24)23(22-16)11-13-5-3-2-4-6-13/h2-10H,11H2,1H3. The van der Waals surface area contributed by atoms with Crippen LogP contribution < -0.4 is 10.3 Å². The first-order valence-electron chi connectivity index (χ1n) is 7.74. The van der Waals surface area contributed by atoms with Crippen molar-refractivity contribution in [3.05, 3.63) is 91.3 Å². The molecule has 3 rings (SSSR count). The van der Waals surface area contributed by atoms with E-state index in [1.165, 1.54) is 16.8 Å². The number of esters is 1. The zero-order valence-electron chi connectivity index (χ0n) is 13.8. The summed E-state index contributed by atoms with van der Waals surface area (Å²) in [4.78, 5) is 24.5. The van der Waals surface area contributed by atoms with Gasteiger partial charge in [-0.15, -0.1) is 0 Å². The van der Waals surface area contributed by atoms with Gasteiger partial charge in [0, 0.05) is 10.5 Å². The highest BCUT2D eigenvalue weighted by Crippen LogP contribution is 2.32. The predicted molar refractivity (Wildman–Crippen MR) is 103 cm³/mol. The monoisotopic (exact) mass is 432 g/mol. The molecule has 0 saturated heterocycles. The molecule has 0 aliphatic carbocycles. The zero-order valence-corrected chi connectivity index (χ0v) is 16.1. The second kappa shape index (κ2) is 7.85. The fraction of sp³-hybridized carbons (Fsp3) is 0.105. The van der Waals surface area contributed by atoms with Crippen molar-refractivity contribution in [1.82, 2.24) is 9.78 Å². The molecule has 0 atom stereocenters. The highest BCUT2D eigenvalue weighted by molar-refractivity contribution is 9.10. The molecule has 2 aromatic carbocycles. The number of carbonyl (C=O) groups is 1. The number of rotatable bonds is 4. The van der Waals surface area contributed by atoms with Crippen LogP contribution in [0.5, 0.6) is 5.75 Å². The largest absolute Gasteiger partial charge is 0.420 e. The number of halogens is 2. The van der Waals surface area contributed by atoms with Crippen molar-refractivity contribution >= 4 is 33.5 Å². The molecule has 5 nitrogen and oxygen atoms in total. The van der Waals surface area contributed by atoms with E-state index in [-0.39, 0.29) is 23.5 Å². The fourth-order valence-electron chi connectivity index (χ4n) is 2.39. The molecule has 0 bridgehead atoms. The molecule has 1 heterocycles. The Morgan fingerprint density at radius 1 is 1.19 bits per heavy atom. The summed E-state index contributed by atoms with van der Waals surface area (Å²) in [5.74, 6) is -0.415. The van der Waals surface area contributed by atoms with E-state index in [4.69, 9.17) is 16.3 Å². The van der Waals surface area contributed by atoms with Crippen LogP contribution in [-0.4, -0.2) is 15.7 Å². The number of hydrogen-bond donors (Lipinski definition) is 0. The van der Waals surface area contributed by atoms with Crippen molar-refractivity contribution in [2.45, 2.75) is 13.5 Å². The van der Waals surface area contributed by atoms with Crippen molar-refractivity contribution in [2.24, 2.45) is 0 Å². The molecule has 0 fully saturated rings. The Morgan fingerprint density at radius 2 is 1.92 bits per heavy atom. The Hall–Kier alpha value is -2.44. The molecule has 26 heavy (non-hydrogen) atoms. The molecule has 0 unspecified atom stereocenters. The minimum atomic E-state index is -0.681. The van der Waals surface area contributed by atoms with Gasteiger partial charge in [0.15, 0.2) is 11.4 Å². The van der Waals surface area contributed by atoms with Crippen LogP contribution in [0.4, 0.5) is 0 Å². The van der Waals surface area contributed by atoms with Crippen LogP contribution in [0.2, 0.25) is 5.02 Å². The van der Waals surface area contributed by atoms with E-state index in [0.29, 0.717) is 10.6 Å². The minimum Gasteiger partial charge on any atom is -0.420 e. The summed E-state index contributed by atoms with van der Waals surface area (Å²) in [5.41, 5.74) is 1.33. The summed E-state index contributed by atoms with van der Waals surface area (Å²) in [6.07, 6.45) is 0. The van der Waals surface area contributed by atoms with Crippen LogP contribution in [0.3, 0.4) is 0 Å². The summed E-state index contributed by atoms with van der Waals surface area (Å²) in [5, 5.41) is 4.43. The number of nitrogens with zero attached hydrogens (tertiary/aromatic N) is 2. The highest BCUT2D eigenvalue weighted by atomic mass is 79.9. The molecule has 0 saturated carbocycles. The lowest BCUT2D eigenvalue weighted by Gasteiger charge is -2.10. The highest BCUT2D eigenvalue weighted by Gasteiger charge is 2.16. The first-order valence-corrected chi connectivity index (χ1v) is 8.91. The number of aryl methyl sites for hydroxylation is 1. The molecule has 0 spiro atoms. The van der Waals surface area contributed by atoms with Crippen LogP contribution in [-0.2, 0) is 6.54 Å². The molecule has 132 valence electrons. The van der Waals surface area contributed by atoms with Gasteiger partial charge < -0.3 is 4.74 Å². The van der Waals surface area contributed by atoms with E-state index < -0.39 is 5.97 Å². The van der Waals surface area contributed by atoms with Gasteiger partial charge >= 0.3 is 5.97 Å². The maximum absolute atomic E-state index is 12.4. The maximum atomic E-state index is 12.4. The van der Waals surface area contributed by atoms with Crippen molar-refractivity contribution < 1.29 is 9.53 Å². The number of carbonyl (C=O) groups excluding carboxylic acids is 1. The summed E-state index contributed by atoms with van der Waals surface area (Å²) in [6.45, 7) is 2.04. The lowest BCUT2D eigenvalue weighted by molar-refractivity contribution is 0.0724. The van der Waals surface area contributed by atoms with E-state index in [0.717, 1.165) is 10.0 Å². The number of hydrogen-bond acceptors (Lipinski definition) is 4. The van der Waals surface area contributed by atoms with Gasteiger partial charge in [0.2, 0.25) is 0 Å². The van der Waals surface area contributed by atoms with Gasteiger partial charge in [0.25, 0.3) is 5.56 Å². The Kier molecular flexibility index (Phi) is 5.54. The van der Waals surface area contributed by atoms with Gasteiger partial charge in [-0.1, -0.05) is 57.9 Å². The third-order valence-electron chi connectivity index (χ3n) is 3.64. The van der Waals surface area contributed by atoms with E-state index in [9.17, 15) is 9.59 Å². The molecule has 0 amide bonds. The third kappa shape index (κ3) is 4.20. The van der Waals surface area contributed by atoms with Gasteiger partial charge in [-0.05, 0) is 36.2 Å². The molecular weight excluding hydrogens is 420 g/mol. The quantitative estimate of drug-likeness (QED) is 0.456. The molecule has 3 aromatic rings. The number of ether oxygens (including phenoxy) is 1. The molecule has 0 aliphatic rings. The van der Waals surface area contributed by atoms with Crippen molar-refractivity contribution in [2.75, 3.05) is 0 Å². The van der Waals surface area contributed by atoms with Crippen LogP contribution in [0.25, 0.3) is 0 Å². The lowest BCUT2D eigenvalue weighted by Crippen LogP contribution is -2.26. The van der Waals surface area contributed by atoms with Crippen LogP contribution in [0.15, 0.2) is 63.9 Å². The molecule has 1 aromatic heterocycles. The lowest BCUT2D eigenvalue weighted by atomic mass is 10.2. The molecule has 0 aliphatic heterocycles. The average molecular weight is 434 g/mol. The fourth-order valence-corrected chi connectivity index (χ4v) is 3.40. The van der Waals surface area contributed by atoms with Crippen LogP contribution >= 0.6 is 27.5 Å². The summed E-state index contributed by atoms with van der Waals surface area (Å²) in [7, 11) is 0. The zero-order chi connectivity index (χ0) is 18.7. The predicted octanol–water partition coefficient (Wildman–Crippen LogP) is 4.24. The summed E-state index contributed by atoms with van der Waals surface area (Å²) >= 11 is 9.48. The topological polar surface area (TPSA) is 61.2 Å². The van der Waals surface area contributed by atoms with E-state index in [2.05, 4.69) is 21.0 Å². The first-order chi connectivity index (χ1) is 12.4. The first kappa shape index (κ1) is 18.4. The van der Waals surface area contributed by atoms with E-state index >= 15 is 0 Å². The smallest absolute Gasteiger partial charge is 0.364 e. The Bertz CT molecular complexity index is 996. The summed E-state index contributed by atoms with van der Waals surface area (Å²) < 4.78 is 7.40. The van der Waals surface area contributed by atoms with Crippen molar-refractivity contribution in [3.8, 4) is 5.75 Å². The second-order valence-electron chi connectivity index (χ2n) is 5.62. The number of benzene rings is 2. The van der Waals surface area contributed by atoms with Crippen LogP contribution in [0.1, 0.15) is 21.6 Å². The van der Waals surface area contributed by atoms with Gasteiger partial charge in [-0.25, -0.2) is 9.48 Å². The molecule has 7 heteroatoms. The molecule has 0 radical (unpaired) electrons.